The molecular formula is C77H151NO5. The van der Waals surface area contributed by atoms with Gasteiger partial charge in [-0.05, 0) is 51.4 Å². The third-order valence-electron chi connectivity index (χ3n) is 18.3. The SMILES string of the molecule is CCCCCCCCCCCCCCCCCCCC(O)C(CO)NC(=O)CCCCCCCCCCCCCCCCCCC/C=C\CCCCCCCCCCCCCCOC(=O)CCCCCCCCCCCCCCCCCC. The molecule has 0 aromatic heterocycles. The Hall–Kier alpha value is -1.40. The summed E-state index contributed by atoms with van der Waals surface area (Å²) in [5.74, 6) is -0.00407. The molecule has 3 N–H and O–H groups in total. The maximum Gasteiger partial charge on any atom is 0.305 e. The Labute approximate surface area is 520 Å². The number of rotatable bonds is 73. The minimum Gasteiger partial charge on any atom is -0.466 e. The Morgan fingerprint density at radius 2 is 0.566 bits per heavy atom. The zero-order valence-corrected chi connectivity index (χ0v) is 56.7. The lowest BCUT2D eigenvalue weighted by Crippen LogP contribution is -2.45. The summed E-state index contributed by atoms with van der Waals surface area (Å²) in [6, 6.07) is -0.539. The largest absolute Gasteiger partial charge is 0.466 e. The smallest absolute Gasteiger partial charge is 0.305 e. The number of aliphatic hydroxyl groups excluding tert-OH is 2. The van der Waals surface area contributed by atoms with E-state index >= 15 is 0 Å². The number of unbranched alkanes of at least 4 members (excludes halogenated alkanes) is 60. The van der Waals surface area contributed by atoms with E-state index in [0.717, 1.165) is 38.5 Å². The first-order valence-corrected chi connectivity index (χ1v) is 38.4. The van der Waals surface area contributed by atoms with Crippen LogP contribution in [0.5, 0.6) is 0 Å². The summed E-state index contributed by atoms with van der Waals surface area (Å²) in [5, 5.41) is 23.4. The molecule has 0 aliphatic heterocycles. The monoisotopic (exact) mass is 1170 g/mol. The second-order valence-corrected chi connectivity index (χ2v) is 26.7. The molecule has 0 fully saturated rings. The molecule has 6 nitrogen and oxygen atoms in total. The zero-order valence-electron chi connectivity index (χ0n) is 56.7. The van der Waals surface area contributed by atoms with Crippen LogP contribution >= 0.6 is 0 Å². The topological polar surface area (TPSA) is 95.9 Å². The van der Waals surface area contributed by atoms with Crippen LogP contribution in [0.4, 0.5) is 0 Å². The molecule has 2 atom stereocenters. The summed E-state index contributed by atoms with van der Waals surface area (Å²) in [6.07, 6.45) is 91.5. The number of nitrogens with one attached hydrogen (secondary N) is 1. The van der Waals surface area contributed by atoms with Crippen LogP contribution in [0.3, 0.4) is 0 Å². The van der Waals surface area contributed by atoms with Crippen molar-refractivity contribution in [1.82, 2.24) is 5.32 Å². The average molecular weight is 1170 g/mol. The van der Waals surface area contributed by atoms with Gasteiger partial charge in [-0.3, -0.25) is 9.59 Å². The summed E-state index contributed by atoms with van der Waals surface area (Å²) >= 11 is 0. The standard InChI is InChI=1S/C77H151NO5/c1-3-5-7-9-11-13-15-17-19-38-41-45-49-53-57-61-65-69-75(80)74(73-79)78-76(81)70-66-62-58-54-50-46-42-39-36-34-32-30-28-26-24-22-21-23-25-27-29-31-33-35-37-40-44-48-52-56-60-64-68-72-83-77(82)71-67-63-59-55-51-47-43-20-18-16-14-12-10-8-6-4-2/h25,27,74-75,79-80H,3-24,26,28-73H2,1-2H3,(H,78,81)/b27-25-. The Morgan fingerprint density at radius 3 is 0.855 bits per heavy atom. The van der Waals surface area contributed by atoms with Crippen molar-refractivity contribution in [2.45, 2.75) is 456 Å². The van der Waals surface area contributed by atoms with Crippen molar-refractivity contribution in [1.29, 1.82) is 0 Å². The number of amides is 1. The number of allylic oxidation sites excluding steroid dienone is 2. The Bertz CT molecular complexity index is 1260. The van der Waals surface area contributed by atoms with Crippen molar-refractivity contribution in [2.75, 3.05) is 13.2 Å². The van der Waals surface area contributed by atoms with Crippen molar-refractivity contribution in [2.24, 2.45) is 0 Å². The molecule has 0 heterocycles. The minimum absolute atomic E-state index is 0.0233. The van der Waals surface area contributed by atoms with Gasteiger partial charge in [0.05, 0.1) is 25.4 Å². The maximum absolute atomic E-state index is 12.5. The van der Waals surface area contributed by atoms with Gasteiger partial charge in [0.1, 0.15) is 0 Å². The first kappa shape index (κ1) is 81.6. The highest BCUT2D eigenvalue weighted by Gasteiger charge is 2.20. The van der Waals surface area contributed by atoms with Crippen molar-refractivity contribution in [3.63, 3.8) is 0 Å². The van der Waals surface area contributed by atoms with Gasteiger partial charge in [0.2, 0.25) is 5.91 Å². The van der Waals surface area contributed by atoms with Gasteiger partial charge in [-0.2, -0.15) is 0 Å². The number of aliphatic hydroxyl groups is 2. The molecule has 0 bridgehead atoms. The molecular weight excluding hydrogens is 1020 g/mol. The van der Waals surface area contributed by atoms with Crippen LogP contribution in [0.25, 0.3) is 0 Å². The predicted octanol–water partition coefficient (Wildman–Crippen LogP) is 25.1. The lowest BCUT2D eigenvalue weighted by Gasteiger charge is -2.22. The van der Waals surface area contributed by atoms with Crippen molar-refractivity contribution < 1.29 is 24.5 Å². The van der Waals surface area contributed by atoms with Gasteiger partial charge < -0.3 is 20.3 Å². The van der Waals surface area contributed by atoms with E-state index in [-0.39, 0.29) is 18.5 Å². The van der Waals surface area contributed by atoms with E-state index in [1.165, 1.54) is 372 Å². The minimum atomic E-state index is -0.662. The summed E-state index contributed by atoms with van der Waals surface area (Å²) in [6.45, 7) is 5.01. The molecule has 0 aliphatic carbocycles. The van der Waals surface area contributed by atoms with Crippen molar-refractivity contribution >= 4 is 11.9 Å². The van der Waals surface area contributed by atoms with Crippen LogP contribution < -0.4 is 5.32 Å². The molecule has 83 heavy (non-hydrogen) atoms. The fraction of sp³-hybridized carbons (Fsp3) is 0.948. The molecule has 6 heteroatoms. The van der Waals surface area contributed by atoms with Crippen molar-refractivity contribution in [3.8, 4) is 0 Å². The number of esters is 1. The van der Waals surface area contributed by atoms with Crippen LogP contribution in [0, 0.1) is 0 Å². The Balaban J connectivity index is 3.33. The number of ether oxygens (including phenoxy) is 1. The van der Waals surface area contributed by atoms with E-state index in [1.54, 1.807) is 0 Å². The van der Waals surface area contributed by atoms with E-state index in [2.05, 4.69) is 31.3 Å². The van der Waals surface area contributed by atoms with E-state index in [4.69, 9.17) is 4.74 Å². The lowest BCUT2D eigenvalue weighted by atomic mass is 10.0. The maximum atomic E-state index is 12.5. The van der Waals surface area contributed by atoms with Gasteiger partial charge in [-0.15, -0.1) is 0 Å². The van der Waals surface area contributed by atoms with Gasteiger partial charge >= 0.3 is 5.97 Å². The highest BCUT2D eigenvalue weighted by Crippen LogP contribution is 2.20. The fourth-order valence-corrected chi connectivity index (χ4v) is 12.5. The van der Waals surface area contributed by atoms with Crippen LogP contribution in [0.2, 0.25) is 0 Å². The van der Waals surface area contributed by atoms with Gasteiger partial charge in [0.15, 0.2) is 0 Å². The van der Waals surface area contributed by atoms with Gasteiger partial charge in [0.25, 0.3) is 0 Å². The van der Waals surface area contributed by atoms with Gasteiger partial charge in [0, 0.05) is 12.8 Å². The molecule has 0 saturated heterocycles. The van der Waals surface area contributed by atoms with Gasteiger partial charge in [-0.25, -0.2) is 0 Å². The Kier molecular flexibility index (Phi) is 71.8. The Morgan fingerprint density at radius 1 is 0.325 bits per heavy atom. The third-order valence-corrected chi connectivity index (χ3v) is 18.3. The highest BCUT2D eigenvalue weighted by molar-refractivity contribution is 5.76. The summed E-state index contributed by atoms with van der Waals surface area (Å²) in [4.78, 5) is 24.6. The summed E-state index contributed by atoms with van der Waals surface area (Å²) < 4.78 is 5.51. The lowest BCUT2D eigenvalue weighted by molar-refractivity contribution is -0.143. The first-order chi connectivity index (χ1) is 41.0. The van der Waals surface area contributed by atoms with Crippen molar-refractivity contribution in [3.05, 3.63) is 12.2 Å². The van der Waals surface area contributed by atoms with E-state index in [9.17, 15) is 19.8 Å². The van der Waals surface area contributed by atoms with Crippen LogP contribution in [-0.4, -0.2) is 47.4 Å². The summed E-state index contributed by atoms with van der Waals surface area (Å²) in [7, 11) is 0. The normalized spacial score (nSPS) is 12.5. The molecule has 2 unspecified atom stereocenters. The molecule has 0 spiro atoms. The van der Waals surface area contributed by atoms with E-state index < -0.39 is 12.1 Å². The zero-order chi connectivity index (χ0) is 59.9. The average Bonchev–Trinajstić information content (AvgIpc) is 3.49. The molecule has 1 amide bonds. The number of hydrogen-bond donors (Lipinski definition) is 3. The third kappa shape index (κ3) is 69.6. The van der Waals surface area contributed by atoms with E-state index in [1.807, 2.05) is 0 Å². The van der Waals surface area contributed by atoms with Crippen LogP contribution in [0.15, 0.2) is 12.2 Å². The molecule has 0 aromatic carbocycles. The quantitative estimate of drug-likeness (QED) is 0.0320. The summed E-state index contributed by atoms with van der Waals surface area (Å²) in [5.41, 5.74) is 0. The van der Waals surface area contributed by atoms with E-state index in [0.29, 0.717) is 25.9 Å². The number of carbonyl (C=O) groups excluding carboxylic acids is 2. The second-order valence-electron chi connectivity index (χ2n) is 26.7. The molecule has 0 aliphatic rings. The predicted molar refractivity (Wildman–Crippen MR) is 366 cm³/mol. The van der Waals surface area contributed by atoms with Crippen LogP contribution in [-0.2, 0) is 14.3 Å². The van der Waals surface area contributed by atoms with Gasteiger partial charge in [-0.1, -0.05) is 392 Å². The molecule has 494 valence electrons. The molecule has 0 saturated carbocycles. The highest BCUT2D eigenvalue weighted by atomic mass is 16.5. The second kappa shape index (κ2) is 73.1. The number of carbonyl (C=O) groups is 2. The number of hydrogen-bond acceptors (Lipinski definition) is 5. The molecule has 0 rings (SSSR count). The molecule has 0 radical (unpaired) electrons. The molecule has 0 aromatic rings. The first-order valence-electron chi connectivity index (χ1n) is 38.4. The fourth-order valence-electron chi connectivity index (χ4n) is 12.5. The van der Waals surface area contributed by atoms with Crippen LogP contribution in [0.1, 0.15) is 444 Å².